The van der Waals surface area contributed by atoms with Gasteiger partial charge < -0.3 is 30.7 Å². The number of aromatic nitrogens is 2. The van der Waals surface area contributed by atoms with Gasteiger partial charge in [0, 0.05) is 69.9 Å². The molecule has 2 aromatic heterocycles. The van der Waals surface area contributed by atoms with Gasteiger partial charge in [0.25, 0.3) is 0 Å². The molecular formula is C40H36Cl2N6O4. The van der Waals surface area contributed by atoms with Gasteiger partial charge in [0.15, 0.2) is 0 Å². The predicted octanol–water partition coefficient (Wildman–Crippen LogP) is 7.82. The summed E-state index contributed by atoms with van der Waals surface area (Å²) in [6.07, 6.45) is 4.10. The van der Waals surface area contributed by atoms with Crippen molar-refractivity contribution in [3.8, 4) is 11.5 Å². The van der Waals surface area contributed by atoms with Gasteiger partial charge in [-0.2, -0.15) is 0 Å². The molecule has 0 aliphatic heterocycles. The molecule has 2 heterocycles. The van der Waals surface area contributed by atoms with Gasteiger partial charge in [-0.1, -0.05) is 23.2 Å². The number of rotatable bonds is 14. The first-order chi connectivity index (χ1) is 25.3. The van der Waals surface area contributed by atoms with E-state index in [4.69, 9.17) is 42.6 Å². The van der Waals surface area contributed by atoms with Crippen LogP contribution in [-0.2, 0) is 9.59 Å². The summed E-state index contributed by atoms with van der Waals surface area (Å²) in [6.45, 7) is 2.21. The summed E-state index contributed by atoms with van der Waals surface area (Å²) in [5, 5.41) is 18.4. The fraction of sp³-hybridized carbons (Fsp3) is 0.200. The van der Waals surface area contributed by atoms with E-state index >= 15 is 0 Å². The molecule has 0 radical (unpaired) electrons. The quantitative estimate of drug-likeness (QED) is 0.0500. The Morgan fingerprint density at radius 3 is 1.37 bits per heavy atom. The van der Waals surface area contributed by atoms with Crippen LogP contribution in [0.4, 0.5) is 11.4 Å². The van der Waals surface area contributed by atoms with Gasteiger partial charge in [0.2, 0.25) is 11.6 Å². The van der Waals surface area contributed by atoms with E-state index in [1.54, 1.807) is 14.2 Å². The van der Waals surface area contributed by atoms with E-state index in [0.29, 0.717) is 49.1 Å². The first-order valence-corrected chi connectivity index (χ1v) is 17.7. The van der Waals surface area contributed by atoms with Crippen LogP contribution in [0.15, 0.2) is 96.3 Å². The second kappa shape index (κ2) is 15.3. The summed E-state index contributed by atoms with van der Waals surface area (Å²) in [5.74, 6) is 0.979. The third kappa shape index (κ3) is 7.39. The molecule has 10 nitrogen and oxygen atoms in total. The molecule has 4 N–H and O–H groups in total. The summed E-state index contributed by atoms with van der Waals surface area (Å²) < 4.78 is 10.9. The Morgan fingerprint density at radius 2 is 0.942 bits per heavy atom. The smallest absolute Gasteiger partial charge is 0.203 e. The lowest BCUT2D eigenvalue weighted by Gasteiger charge is -2.17. The number of hydrogen-bond donors (Lipinski definition) is 4. The Hall–Kier alpha value is -5.58. The molecule has 264 valence electrons. The number of ether oxygens (including phenoxy) is 2. The van der Waals surface area contributed by atoms with Crippen LogP contribution in [0.25, 0.3) is 43.6 Å². The van der Waals surface area contributed by atoms with Crippen LogP contribution in [-0.4, -0.2) is 61.9 Å². The summed E-state index contributed by atoms with van der Waals surface area (Å²) in [4.78, 5) is 35.4. The normalized spacial score (nSPS) is 13.0. The zero-order valence-electron chi connectivity index (χ0n) is 28.6. The highest BCUT2D eigenvalue weighted by molar-refractivity contribution is 6.32. The third-order valence-electron chi connectivity index (χ3n) is 8.91. The van der Waals surface area contributed by atoms with Gasteiger partial charge in [0.05, 0.1) is 59.1 Å². The Bertz CT molecular complexity index is 2260. The van der Waals surface area contributed by atoms with Gasteiger partial charge in [-0.05, 0) is 85.6 Å². The number of nitrogens with one attached hydrogen (secondary N) is 4. The molecule has 52 heavy (non-hydrogen) atoms. The van der Waals surface area contributed by atoms with Crippen molar-refractivity contribution in [1.29, 1.82) is 0 Å². The summed E-state index contributed by atoms with van der Waals surface area (Å²) in [6, 6.07) is 22.8. The lowest BCUT2D eigenvalue weighted by Crippen LogP contribution is -2.31. The summed E-state index contributed by atoms with van der Waals surface area (Å²) in [7, 11) is 3.27. The van der Waals surface area contributed by atoms with Crippen LogP contribution >= 0.6 is 23.2 Å². The first kappa shape index (κ1) is 34.9. The van der Waals surface area contributed by atoms with E-state index in [-0.39, 0.29) is 23.0 Å². The highest BCUT2D eigenvalue weighted by Crippen LogP contribution is 2.35. The number of pyridine rings is 2. The largest absolute Gasteiger partial charge is 0.497 e. The SMILES string of the molecule is COc1ccc2nc3cc(Cl)ccc3c(NCCCNC3=CC(=O)C(NCCCNc4c5ccc(Cl)cc5nc5ccc(OC)cc45)=CC3=O)c2c1. The van der Waals surface area contributed by atoms with E-state index < -0.39 is 0 Å². The minimum absolute atomic E-state index is 0.245. The standard InChI is InChI=1S/C40H36Cl2N6O4/c1-51-25-7-11-31-29(19-25)39(27-9-5-23(41)17-33(27)47-31)45-15-3-13-43-35-21-38(50)36(22-37(35)49)44-14-4-16-46-40-28-10-6-24(42)18-34(28)48-32-12-8-26(52-2)20-30(32)40/h5-12,17-22,43-44H,3-4,13-16H2,1-2H3,(H,45,47)(H,46,48). The highest BCUT2D eigenvalue weighted by Gasteiger charge is 2.20. The molecule has 4 aromatic carbocycles. The highest BCUT2D eigenvalue weighted by atomic mass is 35.5. The molecule has 6 aromatic rings. The topological polar surface area (TPSA) is 126 Å². The number of anilines is 2. The number of nitrogens with zero attached hydrogens (tertiary/aromatic N) is 2. The lowest BCUT2D eigenvalue weighted by atomic mass is 10.1. The summed E-state index contributed by atoms with van der Waals surface area (Å²) >= 11 is 12.5. The Kier molecular flexibility index (Phi) is 10.3. The van der Waals surface area contributed by atoms with Gasteiger partial charge in [-0.3, -0.25) is 9.59 Å². The van der Waals surface area contributed by atoms with Crippen molar-refractivity contribution in [2.24, 2.45) is 0 Å². The first-order valence-electron chi connectivity index (χ1n) is 16.9. The van der Waals surface area contributed by atoms with Crippen molar-refractivity contribution in [2.45, 2.75) is 12.8 Å². The van der Waals surface area contributed by atoms with Crippen molar-refractivity contribution in [3.63, 3.8) is 0 Å². The second-order valence-corrected chi connectivity index (χ2v) is 13.2. The number of halogens is 2. The van der Waals surface area contributed by atoms with Gasteiger partial charge in [-0.25, -0.2) is 9.97 Å². The van der Waals surface area contributed by atoms with Crippen molar-refractivity contribution >= 4 is 89.8 Å². The van der Waals surface area contributed by atoms with E-state index in [2.05, 4.69) is 21.3 Å². The monoisotopic (exact) mass is 734 g/mol. The number of hydrogen-bond acceptors (Lipinski definition) is 10. The second-order valence-electron chi connectivity index (χ2n) is 12.3. The van der Waals surface area contributed by atoms with Crippen LogP contribution in [0.5, 0.6) is 11.5 Å². The molecule has 1 aliphatic carbocycles. The van der Waals surface area contributed by atoms with E-state index in [9.17, 15) is 9.59 Å². The zero-order chi connectivity index (χ0) is 36.2. The molecule has 0 saturated heterocycles. The summed E-state index contributed by atoms with van der Waals surface area (Å²) in [5.41, 5.74) is 5.65. The van der Waals surface area contributed by atoms with Crippen LogP contribution < -0.4 is 30.7 Å². The predicted molar refractivity (Wildman–Crippen MR) is 210 cm³/mol. The fourth-order valence-electron chi connectivity index (χ4n) is 6.31. The van der Waals surface area contributed by atoms with E-state index in [1.165, 1.54) is 12.2 Å². The molecule has 7 rings (SSSR count). The molecule has 0 saturated carbocycles. The number of benzene rings is 4. The molecule has 0 amide bonds. The maximum absolute atomic E-state index is 12.9. The van der Waals surface area contributed by atoms with E-state index in [0.717, 1.165) is 66.5 Å². The van der Waals surface area contributed by atoms with Crippen molar-refractivity contribution in [3.05, 3.63) is 106 Å². The maximum atomic E-state index is 12.9. The van der Waals surface area contributed by atoms with Crippen LogP contribution in [0.2, 0.25) is 10.0 Å². The third-order valence-corrected chi connectivity index (χ3v) is 9.38. The van der Waals surface area contributed by atoms with Crippen molar-refractivity contribution in [2.75, 3.05) is 51.0 Å². The van der Waals surface area contributed by atoms with Crippen LogP contribution in [0, 0.1) is 0 Å². The number of carbonyl (C=O) groups excluding carboxylic acids is 2. The Morgan fingerprint density at radius 1 is 0.519 bits per heavy atom. The van der Waals surface area contributed by atoms with E-state index in [1.807, 2.05) is 72.8 Å². The zero-order valence-corrected chi connectivity index (χ0v) is 30.1. The van der Waals surface area contributed by atoms with Crippen LogP contribution in [0.3, 0.4) is 0 Å². The number of carbonyl (C=O) groups is 2. The van der Waals surface area contributed by atoms with Gasteiger partial charge in [-0.15, -0.1) is 0 Å². The molecule has 0 atom stereocenters. The lowest BCUT2D eigenvalue weighted by molar-refractivity contribution is -0.115. The molecule has 0 unspecified atom stereocenters. The Labute approximate surface area is 310 Å². The molecule has 1 aliphatic rings. The molecule has 0 spiro atoms. The maximum Gasteiger partial charge on any atom is 0.203 e. The van der Waals surface area contributed by atoms with Gasteiger partial charge in [0.1, 0.15) is 11.5 Å². The number of allylic oxidation sites excluding steroid dienone is 2. The molecule has 0 fully saturated rings. The van der Waals surface area contributed by atoms with Crippen LogP contribution in [0.1, 0.15) is 12.8 Å². The van der Waals surface area contributed by atoms with Gasteiger partial charge >= 0.3 is 0 Å². The average Bonchev–Trinajstić information content (AvgIpc) is 3.14. The fourth-order valence-corrected chi connectivity index (χ4v) is 6.65. The number of fused-ring (bicyclic) bond motifs is 4. The number of ketones is 2. The average molecular weight is 736 g/mol. The van der Waals surface area contributed by atoms with Crippen molar-refractivity contribution in [1.82, 2.24) is 20.6 Å². The molecule has 12 heteroatoms. The molecule has 0 bridgehead atoms. The minimum atomic E-state index is -0.245. The Balaban J connectivity index is 0.918. The van der Waals surface area contributed by atoms with Crippen molar-refractivity contribution < 1.29 is 19.1 Å². The number of methoxy groups -OCH3 is 2. The molecular weight excluding hydrogens is 699 g/mol. The minimum Gasteiger partial charge on any atom is -0.497 e.